The Morgan fingerprint density at radius 1 is 1.10 bits per heavy atom. The number of hydrogen-bond acceptors (Lipinski definition) is 6. The molecule has 5 atom stereocenters. The second kappa shape index (κ2) is 12.2. The van der Waals surface area contributed by atoms with Crippen LogP contribution in [0.2, 0.25) is 0 Å². The molecule has 0 radical (unpaired) electrons. The first-order valence-corrected chi connectivity index (χ1v) is 15.4. The zero-order valence-electron chi connectivity index (χ0n) is 23.3. The van der Waals surface area contributed by atoms with E-state index in [-0.39, 0.29) is 35.7 Å². The predicted molar refractivity (Wildman–Crippen MR) is 147 cm³/mol. The Hall–Kier alpha value is -2.80. The van der Waals surface area contributed by atoms with E-state index in [1.54, 1.807) is 30.3 Å². The van der Waals surface area contributed by atoms with Crippen molar-refractivity contribution in [3.63, 3.8) is 0 Å². The quantitative estimate of drug-likeness (QED) is 0.471. The molecule has 1 unspecified atom stereocenters. The van der Waals surface area contributed by atoms with Gasteiger partial charge in [-0.15, -0.1) is 0 Å². The van der Waals surface area contributed by atoms with E-state index in [1.165, 1.54) is 4.90 Å². The van der Waals surface area contributed by atoms with Gasteiger partial charge < -0.3 is 15.0 Å². The van der Waals surface area contributed by atoms with Crippen LogP contribution >= 0.6 is 0 Å². The summed E-state index contributed by atoms with van der Waals surface area (Å²) in [6.45, 7) is 4.29. The summed E-state index contributed by atoms with van der Waals surface area (Å²) in [6, 6.07) is 10.3. The number of quaternary nitrogens is 1. The summed E-state index contributed by atoms with van der Waals surface area (Å²) in [5, 5.41) is 12.0. The van der Waals surface area contributed by atoms with Crippen LogP contribution in [0.5, 0.6) is 0 Å². The second-order valence-electron chi connectivity index (χ2n) is 11.3. The van der Waals surface area contributed by atoms with Crippen LogP contribution < -0.4 is 5.06 Å². The molecule has 1 aliphatic heterocycles. The van der Waals surface area contributed by atoms with Gasteiger partial charge in [0.15, 0.2) is 15.9 Å². The Morgan fingerprint density at radius 3 is 2.41 bits per heavy atom. The Kier molecular flexibility index (Phi) is 9.27. The number of carbonyl (C=O) groups is 2. The van der Waals surface area contributed by atoms with Crippen LogP contribution in [0.1, 0.15) is 55.5 Å². The Bertz CT molecular complexity index is 1350. The highest BCUT2D eigenvalue weighted by atomic mass is 32.2. The van der Waals surface area contributed by atoms with E-state index in [1.807, 2.05) is 7.05 Å². The first-order valence-electron chi connectivity index (χ1n) is 13.8. The summed E-state index contributed by atoms with van der Waals surface area (Å²) in [4.78, 5) is 30.3. The van der Waals surface area contributed by atoms with E-state index in [2.05, 4.69) is 18.7 Å². The van der Waals surface area contributed by atoms with Crippen LogP contribution in [0.3, 0.4) is 0 Å². The molecule has 224 valence electrons. The first kappa shape index (κ1) is 31.1. The van der Waals surface area contributed by atoms with Gasteiger partial charge in [0.2, 0.25) is 0 Å². The largest absolute Gasteiger partial charge is 0.626 e. The number of nitrogens with zero attached hydrogens (tertiary/aromatic N) is 2. The lowest BCUT2D eigenvalue weighted by molar-refractivity contribution is -0.776. The number of nitrogens with one attached hydrogen (secondary N) is 1. The smallest absolute Gasteiger partial charge is 0.416 e. The summed E-state index contributed by atoms with van der Waals surface area (Å²) >= 11 is 0. The Labute approximate surface area is 238 Å². The zero-order valence-corrected chi connectivity index (χ0v) is 24.1. The lowest BCUT2D eigenvalue weighted by atomic mass is 9.81. The highest BCUT2D eigenvalue weighted by molar-refractivity contribution is 7.91. The van der Waals surface area contributed by atoms with Gasteiger partial charge in [-0.05, 0) is 76.4 Å². The third-order valence-electron chi connectivity index (χ3n) is 8.47. The van der Waals surface area contributed by atoms with Gasteiger partial charge in [-0.2, -0.15) is 13.2 Å². The number of halogens is 3. The Balaban J connectivity index is 1.55. The lowest BCUT2D eigenvalue weighted by Crippen LogP contribution is -3.14. The van der Waals surface area contributed by atoms with E-state index in [0.717, 1.165) is 24.6 Å². The Morgan fingerprint density at radius 2 is 1.78 bits per heavy atom. The van der Waals surface area contributed by atoms with Crippen molar-refractivity contribution in [1.29, 1.82) is 0 Å². The average Bonchev–Trinajstić information content (AvgIpc) is 3.32. The third kappa shape index (κ3) is 6.82. The number of hydroxylamine groups is 2. The fraction of sp³-hybridized carbons (Fsp3) is 0.517. The molecule has 12 heteroatoms. The summed E-state index contributed by atoms with van der Waals surface area (Å²) in [5.74, 6) is -2.28. The monoisotopic (exact) mass is 595 g/mol. The van der Waals surface area contributed by atoms with Crippen molar-refractivity contribution in [2.24, 2.45) is 5.92 Å². The molecule has 1 N–H and O–H groups in total. The fourth-order valence-electron chi connectivity index (χ4n) is 6.02. The van der Waals surface area contributed by atoms with E-state index < -0.39 is 62.0 Å². The maximum Gasteiger partial charge on any atom is 0.416 e. The van der Waals surface area contributed by atoms with E-state index in [0.29, 0.717) is 18.9 Å². The number of rotatable bonds is 8. The number of sulfone groups is 1. The van der Waals surface area contributed by atoms with Crippen molar-refractivity contribution < 1.29 is 36.2 Å². The SMILES string of the molecule is CC(C)N(C)[C@@H]1CC[C@H](N2CC[C@H]([NH+]([O-])C(=O)c3cccc(C(F)(F)F)c3)C2=O)[C@H](CS(=O)(=O)c2ccccc2)C1. The summed E-state index contributed by atoms with van der Waals surface area (Å²) < 4.78 is 66.1. The first-order chi connectivity index (χ1) is 19.2. The van der Waals surface area contributed by atoms with Crippen molar-refractivity contribution in [2.75, 3.05) is 19.3 Å². The van der Waals surface area contributed by atoms with Crippen LogP contribution in [0.25, 0.3) is 0 Å². The molecule has 4 rings (SSSR count). The molecule has 2 fully saturated rings. The van der Waals surface area contributed by atoms with Crippen LogP contribution in [-0.2, 0) is 20.8 Å². The highest BCUT2D eigenvalue weighted by Gasteiger charge is 2.47. The van der Waals surface area contributed by atoms with Crippen LogP contribution in [-0.4, -0.2) is 73.5 Å². The normalized spacial score (nSPS) is 24.7. The van der Waals surface area contributed by atoms with Gasteiger partial charge in [0.1, 0.15) is 0 Å². The molecule has 1 saturated carbocycles. The number of benzene rings is 2. The fourth-order valence-corrected chi connectivity index (χ4v) is 7.71. The molecule has 2 aliphatic rings. The minimum absolute atomic E-state index is 0.0480. The molecule has 1 saturated heterocycles. The van der Waals surface area contributed by atoms with Crippen molar-refractivity contribution >= 4 is 21.7 Å². The van der Waals surface area contributed by atoms with Crippen molar-refractivity contribution in [3.8, 4) is 0 Å². The number of amides is 2. The molecule has 2 aromatic carbocycles. The maximum atomic E-state index is 13.5. The molecule has 0 spiro atoms. The number of hydrogen-bond donors (Lipinski definition) is 1. The standard InChI is InChI=1S/C29H36F3N3O5S/c1-19(2)33(3)23-12-13-25(21(17-23)18-41(39,40)24-10-5-4-6-11-24)34-15-14-26(28(34)37)35(38)27(36)20-8-7-9-22(16-20)29(30,31)32/h4-11,16,19,21,23,25-26,35H,12-15,17-18H2,1-3H3/t21-,23+,25-,26-/m0/s1. The van der Waals surface area contributed by atoms with Crippen LogP contribution in [0, 0.1) is 11.1 Å². The van der Waals surface area contributed by atoms with Crippen LogP contribution in [0.4, 0.5) is 13.2 Å². The highest BCUT2D eigenvalue weighted by Crippen LogP contribution is 2.36. The molecule has 2 aromatic rings. The summed E-state index contributed by atoms with van der Waals surface area (Å²) in [6.07, 6.45) is -2.84. The van der Waals surface area contributed by atoms with Gasteiger partial charge in [0.25, 0.3) is 5.91 Å². The second-order valence-corrected chi connectivity index (χ2v) is 13.3. The molecular weight excluding hydrogens is 559 g/mol. The zero-order chi connectivity index (χ0) is 30.1. The van der Waals surface area contributed by atoms with Crippen LogP contribution in [0.15, 0.2) is 59.5 Å². The molecule has 0 aromatic heterocycles. The van der Waals surface area contributed by atoms with E-state index in [9.17, 15) is 36.4 Å². The van der Waals surface area contributed by atoms with Gasteiger partial charge in [-0.25, -0.2) is 13.2 Å². The van der Waals surface area contributed by atoms with Crippen molar-refractivity contribution in [1.82, 2.24) is 9.80 Å². The summed E-state index contributed by atoms with van der Waals surface area (Å²) in [7, 11) is -1.68. The van der Waals surface area contributed by atoms with Crippen molar-refractivity contribution in [3.05, 3.63) is 70.9 Å². The molecule has 2 amide bonds. The molecule has 0 bridgehead atoms. The summed E-state index contributed by atoms with van der Waals surface area (Å²) in [5.41, 5.74) is -1.47. The van der Waals surface area contributed by atoms with Gasteiger partial charge in [-0.1, -0.05) is 24.3 Å². The molecular formula is C29H36F3N3O5S. The number of likely N-dealkylation sites (tertiary alicyclic amines) is 1. The van der Waals surface area contributed by atoms with E-state index >= 15 is 0 Å². The number of alkyl halides is 3. The minimum atomic E-state index is -4.68. The van der Waals surface area contributed by atoms with E-state index in [4.69, 9.17) is 0 Å². The lowest BCUT2D eigenvalue weighted by Gasteiger charge is -2.44. The topological polar surface area (TPSA) is 102 Å². The van der Waals surface area contributed by atoms with Gasteiger partial charge in [0, 0.05) is 31.1 Å². The minimum Gasteiger partial charge on any atom is -0.626 e. The molecule has 1 aliphatic carbocycles. The average molecular weight is 596 g/mol. The van der Waals surface area contributed by atoms with Crippen molar-refractivity contribution in [2.45, 2.75) is 74.8 Å². The third-order valence-corrected chi connectivity index (χ3v) is 10.3. The van der Waals surface area contributed by atoms with Gasteiger partial charge in [-0.3, -0.25) is 9.86 Å². The molecule has 8 nitrogen and oxygen atoms in total. The van der Waals surface area contributed by atoms with Gasteiger partial charge in [0.05, 0.1) is 21.8 Å². The predicted octanol–water partition coefficient (Wildman–Crippen LogP) is 3.18. The number of carbonyl (C=O) groups excluding carboxylic acids is 2. The molecule has 1 heterocycles. The molecule has 41 heavy (non-hydrogen) atoms. The maximum absolute atomic E-state index is 13.5. The van der Waals surface area contributed by atoms with Gasteiger partial charge >= 0.3 is 12.1 Å².